The first-order valence-electron chi connectivity index (χ1n) is 6.00. The van der Waals surface area contributed by atoms with E-state index in [2.05, 4.69) is 26.2 Å². The van der Waals surface area contributed by atoms with Crippen LogP contribution in [0.1, 0.15) is 5.56 Å². The lowest BCUT2D eigenvalue weighted by molar-refractivity contribution is -0.117. The smallest absolute Gasteiger partial charge is 0.241 e. The highest BCUT2D eigenvalue weighted by Gasteiger charge is 2.14. The van der Waals surface area contributed by atoms with Gasteiger partial charge in [0.05, 0.1) is 17.9 Å². The topological polar surface area (TPSA) is 88.2 Å². The summed E-state index contributed by atoms with van der Waals surface area (Å²) in [4.78, 5) is 16.0. The number of aromatic hydroxyl groups is 1. The number of phenolic OH excluding ortho intramolecular Hbond substituents is 1. The van der Waals surface area contributed by atoms with E-state index >= 15 is 0 Å². The third-order valence-electron chi connectivity index (χ3n) is 2.72. The molecular weight excluding hydrogens is 322 g/mol. The van der Waals surface area contributed by atoms with Crippen LogP contribution in [0.15, 0.2) is 47.2 Å². The summed E-state index contributed by atoms with van der Waals surface area (Å²) in [5.74, 6) is -0.0880. The second kappa shape index (κ2) is 6.49. The normalized spacial score (nSPS) is 11.9. The predicted octanol–water partition coefficient (Wildman–Crippen LogP) is 2.06. The number of hydrogen-bond donors (Lipinski definition) is 3. The van der Waals surface area contributed by atoms with Gasteiger partial charge in [-0.2, -0.15) is 0 Å². The van der Waals surface area contributed by atoms with Crippen LogP contribution >= 0.6 is 15.9 Å². The molecule has 1 amide bonds. The Morgan fingerprint density at radius 3 is 2.60 bits per heavy atom. The van der Waals surface area contributed by atoms with Gasteiger partial charge in [0.1, 0.15) is 10.4 Å². The number of aromatic nitrogens is 1. The van der Waals surface area contributed by atoms with Crippen molar-refractivity contribution >= 4 is 27.5 Å². The van der Waals surface area contributed by atoms with Crippen LogP contribution in [0.4, 0.5) is 5.69 Å². The highest BCUT2D eigenvalue weighted by Crippen LogP contribution is 2.13. The van der Waals surface area contributed by atoms with Crippen molar-refractivity contribution in [3.63, 3.8) is 0 Å². The molecule has 20 heavy (non-hydrogen) atoms. The van der Waals surface area contributed by atoms with Gasteiger partial charge >= 0.3 is 0 Å². The van der Waals surface area contributed by atoms with Crippen molar-refractivity contribution in [2.45, 2.75) is 12.5 Å². The maximum Gasteiger partial charge on any atom is 0.241 e. The summed E-state index contributed by atoms with van der Waals surface area (Å²) >= 11 is 3.22. The van der Waals surface area contributed by atoms with Gasteiger partial charge < -0.3 is 16.2 Å². The first-order chi connectivity index (χ1) is 9.54. The Labute approximate surface area is 125 Å². The van der Waals surface area contributed by atoms with E-state index in [1.807, 2.05) is 0 Å². The monoisotopic (exact) mass is 335 g/mol. The van der Waals surface area contributed by atoms with Crippen LogP contribution in [0.25, 0.3) is 0 Å². The predicted molar refractivity (Wildman–Crippen MR) is 80.4 cm³/mol. The van der Waals surface area contributed by atoms with Crippen LogP contribution in [0.2, 0.25) is 0 Å². The van der Waals surface area contributed by atoms with Crippen LogP contribution in [0.3, 0.4) is 0 Å². The van der Waals surface area contributed by atoms with Crippen molar-refractivity contribution in [2.24, 2.45) is 5.73 Å². The maximum absolute atomic E-state index is 11.9. The number of rotatable bonds is 4. The van der Waals surface area contributed by atoms with E-state index in [-0.39, 0.29) is 11.7 Å². The van der Waals surface area contributed by atoms with Crippen LogP contribution in [-0.2, 0) is 11.2 Å². The highest BCUT2D eigenvalue weighted by atomic mass is 79.9. The molecule has 1 heterocycles. The Kier molecular flexibility index (Phi) is 4.70. The standard InChI is InChI=1S/C14H14BrN3O2/c15-13-6-3-10(8-17-13)18-14(20)12(16)7-9-1-4-11(19)5-2-9/h1-6,8,12,19H,7,16H2,(H,18,20)/t12-/m1/s1. The average Bonchev–Trinajstić information content (AvgIpc) is 2.44. The molecule has 2 aromatic rings. The van der Waals surface area contributed by atoms with Crippen LogP contribution in [-0.4, -0.2) is 22.0 Å². The van der Waals surface area contributed by atoms with Crippen LogP contribution in [0, 0.1) is 0 Å². The quantitative estimate of drug-likeness (QED) is 0.746. The molecular formula is C14H14BrN3O2. The number of carbonyl (C=O) groups excluding carboxylic acids is 1. The molecule has 1 aromatic heterocycles. The number of nitrogens with zero attached hydrogens (tertiary/aromatic N) is 1. The second-order valence-corrected chi connectivity index (χ2v) is 5.15. The van der Waals surface area contributed by atoms with Gasteiger partial charge in [-0.3, -0.25) is 4.79 Å². The van der Waals surface area contributed by atoms with Gasteiger partial charge in [0, 0.05) is 0 Å². The van der Waals surface area contributed by atoms with E-state index in [9.17, 15) is 9.90 Å². The molecule has 2 rings (SSSR count). The number of anilines is 1. The number of carbonyl (C=O) groups is 1. The number of halogens is 1. The largest absolute Gasteiger partial charge is 0.508 e. The molecule has 0 spiro atoms. The number of amides is 1. The van der Waals surface area contributed by atoms with Crippen molar-refractivity contribution in [3.8, 4) is 5.75 Å². The van der Waals surface area contributed by atoms with Gasteiger partial charge in [0.15, 0.2) is 0 Å². The van der Waals surface area contributed by atoms with E-state index in [0.29, 0.717) is 16.7 Å². The molecule has 0 saturated heterocycles. The van der Waals surface area contributed by atoms with Gasteiger partial charge in [-0.05, 0) is 52.2 Å². The summed E-state index contributed by atoms with van der Waals surface area (Å²) in [6.07, 6.45) is 1.95. The lowest BCUT2D eigenvalue weighted by atomic mass is 10.1. The van der Waals surface area contributed by atoms with Gasteiger partial charge in [-0.1, -0.05) is 12.1 Å². The minimum absolute atomic E-state index is 0.188. The Hall–Kier alpha value is -1.92. The summed E-state index contributed by atoms with van der Waals surface area (Å²) in [7, 11) is 0. The molecule has 6 heteroatoms. The summed E-state index contributed by atoms with van der Waals surface area (Å²) in [5.41, 5.74) is 7.35. The van der Waals surface area contributed by atoms with E-state index < -0.39 is 6.04 Å². The van der Waals surface area contributed by atoms with Crippen LogP contribution in [0.5, 0.6) is 5.75 Å². The minimum Gasteiger partial charge on any atom is -0.508 e. The molecule has 0 aliphatic heterocycles. The summed E-state index contributed by atoms with van der Waals surface area (Å²) in [5, 5.41) is 11.9. The molecule has 5 nitrogen and oxygen atoms in total. The van der Waals surface area contributed by atoms with Gasteiger partial charge in [-0.25, -0.2) is 4.98 Å². The molecule has 0 aliphatic carbocycles. The summed E-state index contributed by atoms with van der Waals surface area (Å²) < 4.78 is 0.698. The summed E-state index contributed by atoms with van der Waals surface area (Å²) in [6.45, 7) is 0. The maximum atomic E-state index is 11.9. The Morgan fingerprint density at radius 2 is 2.00 bits per heavy atom. The van der Waals surface area contributed by atoms with E-state index in [1.54, 1.807) is 42.6 Å². The van der Waals surface area contributed by atoms with Crippen molar-refractivity contribution in [1.29, 1.82) is 0 Å². The fourth-order valence-electron chi connectivity index (χ4n) is 1.66. The fourth-order valence-corrected chi connectivity index (χ4v) is 1.90. The second-order valence-electron chi connectivity index (χ2n) is 4.34. The SMILES string of the molecule is N[C@H](Cc1ccc(O)cc1)C(=O)Nc1ccc(Br)nc1. The molecule has 1 aromatic carbocycles. The zero-order valence-corrected chi connectivity index (χ0v) is 12.2. The zero-order chi connectivity index (χ0) is 14.5. The third kappa shape index (κ3) is 4.04. The molecule has 1 atom stereocenters. The number of phenols is 1. The molecule has 0 radical (unpaired) electrons. The Bertz CT molecular complexity index is 584. The van der Waals surface area contributed by atoms with Gasteiger partial charge in [0.25, 0.3) is 0 Å². The molecule has 0 bridgehead atoms. The third-order valence-corrected chi connectivity index (χ3v) is 3.19. The number of nitrogens with one attached hydrogen (secondary N) is 1. The Balaban J connectivity index is 1.94. The van der Waals surface area contributed by atoms with Crippen molar-refractivity contribution in [1.82, 2.24) is 4.98 Å². The summed E-state index contributed by atoms with van der Waals surface area (Å²) in [6, 6.07) is 9.43. The molecule has 0 unspecified atom stereocenters. The first kappa shape index (κ1) is 14.5. The lowest BCUT2D eigenvalue weighted by Crippen LogP contribution is -2.37. The average molecular weight is 336 g/mol. The Morgan fingerprint density at radius 1 is 1.30 bits per heavy atom. The van der Waals surface area contributed by atoms with Crippen LogP contribution < -0.4 is 11.1 Å². The number of hydrogen-bond acceptors (Lipinski definition) is 4. The van der Waals surface area contributed by atoms with Crippen molar-refractivity contribution < 1.29 is 9.90 Å². The highest BCUT2D eigenvalue weighted by molar-refractivity contribution is 9.10. The van der Waals surface area contributed by atoms with Crippen molar-refractivity contribution in [3.05, 3.63) is 52.8 Å². The number of benzene rings is 1. The minimum atomic E-state index is -0.664. The molecule has 0 fully saturated rings. The van der Waals surface area contributed by atoms with E-state index in [4.69, 9.17) is 5.73 Å². The van der Waals surface area contributed by atoms with E-state index in [0.717, 1.165) is 5.56 Å². The first-order valence-corrected chi connectivity index (χ1v) is 6.80. The van der Waals surface area contributed by atoms with Gasteiger partial charge in [0.2, 0.25) is 5.91 Å². The number of pyridine rings is 1. The lowest BCUT2D eigenvalue weighted by Gasteiger charge is -2.12. The number of nitrogens with two attached hydrogens (primary N) is 1. The molecule has 104 valence electrons. The molecule has 0 saturated carbocycles. The zero-order valence-electron chi connectivity index (χ0n) is 10.6. The van der Waals surface area contributed by atoms with Gasteiger partial charge in [-0.15, -0.1) is 0 Å². The molecule has 0 aliphatic rings. The van der Waals surface area contributed by atoms with E-state index in [1.165, 1.54) is 0 Å². The fraction of sp³-hybridized carbons (Fsp3) is 0.143. The van der Waals surface area contributed by atoms with Crippen molar-refractivity contribution in [2.75, 3.05) is 5.32 Å². The molecule has 4 N–H and O–H groups in total.